The van der Waals surface area contributed by atoms with Gasteiger partial charge in [-0.15, -0.1) is 0 Å². The predicted molar refractivity (Wildman–Crippen MR) is 83.2 cm³/mol. The Morgan fingerprint density at radius 2 is 2.13 bits per heavy atom. The fraction of sp³-hybridized carbons (Fsp3) is 0.471. The van der Waals surface area contributed by atoms with Crippen molar-refractivity contribution < 1.29 is 24.0 Å². The first-order valence-corrected chi connectivity index (χ1v) is 8.07. The number of ether oxygens (including phenoxy) is 1. The highest BCUT2D eigenvalue weighted by Crippen LogP contribution is 2.27. The lowest BCUT2D eigenvalue weighted by molar-refractivity contribution is -0.906. The average molecular weight is 317 g/mol. The van der Waals surface area contributed by atoms with Crippen LogP contribution in [0.4, 0.5) is 5.69 Å². The van der Waals surface area contributed by atoms with Crippen LogP contribution >= 0.6 is 0 Å². The lowest BCUT2D eigenvalue weighted by Crippen LogP contribution is -3.15. The number of hydrogen-bond donors (Lipinski definition) is 1. The molecule has 122 valence electrons. The van der Waals surface area contributed by atoms with Gasteiger partial charge < -0.3 is 9.64 Å². The van der Waals surface area contributed by atoms with Crippen molar-refractivity contribution in [3.8, 4) is 0 Å². The zero-order valence-electron chi connectivity index (χ0n) is 13.2. The highest BCUT2D eigenvalue weighted by atomic mass is 16.5. The Kier molecular flexibility index (Phi) is 4.43. The van der Waals surface area contributed by atoms with Gasteiger partial charge in [-0.2, -0.15) is 0 Å². The van der Waals surface area contributed by atoms with Crippen molar-refractivity contribution in [2.45, 2.75) is 19.8 Å². The Balaban J connectivity index is 1.71. The van der Waals surface area contributed by atoms with Crippen LogP contribution in [0.25, 0.3) is 0 Å². The molecule has 0 spiro atoms. The third-order valence-corrected chi connectivity index (χ3v) is 4.50. The average Bonchev–Trinajstić information content (AvgIpc) is 2.81. The minimum Gasteiger partial charge on any atom is -0.466 e. The minimum atomic E-state index is -0.475. The highest BCUT2D eigenvalue weighted by molar-refractivity contribution is 6.52. The second-order valence-corrected chi connectivity index (χ2v) is 6.03. The summed E-state index contributed by atoms with van der Waals surface area (Å²) in [5, 5.41) is 0. The largest absolute Gasteiger partial charge is 0.466 e. The molecule has 1 aromatic carbocycles. The standard InChI is InChI=1S/C17H20N2O4/c1-2-23-17(22)12-6-5-9-18(10-12)11-19-14-8-4-3-7-13(14)15(20)16(19)21/h3-4,7-8,12H,2,5-6,9-11H2,1H3/p+1/t12-/m1/s1. The van der Waals surface area contributed by atoms with Crippen LogP contribution in [0.2, 0.25) is 0 Å². The molecule has 1 fully saturated rings. The van der Waals surface area contributed by atoms with Gasteiger partial charge in [0.05, 0.1) is 30.9 Å². The van der Waals surface area contributed by atoms with Crippen LogP contribution in [-0.2, 0) is 14.3 Å². The van der Waals surface area contributed by atoms with E-state index >= 15 is 0 Å². The van der Waals surface area contributed by atoms with E-state index in [0.717, 1.165) is 24.3 Å². The van der Waals surface area contributed by atoms with Crippen molar-refractivity contribution in [1.29, 1.82) is 0 Å². The summed E-state index contributed by atoms with van der Waals surface area (Å²) in [4.78, 5) is 38.9. The predicted octanol–water partition coefficient (Wildman–Crippen LogP) is 0.0314. The maximum Gasteiger partial charge on any atom is 0.314 e. The van der Waals surface area contributed by atoms with E-state index < -0.39 is 11.7 Å². The molecule has 23 heavy (non-hydrogen) atoms. The molecule has 0 aliphatic carbocycles. The Morgan fingerprint density at radius 3 is 2.91 bits per heavy atom. The number of benzene rings is 1. The number of para-hydroxylation sites is 1. The third kappa shape index (κ3) is 2.99. The zero-order chi connectivity index (χ0) is 16.4. The second-order valence-electron chi connectivity index (χ2n) is 6.03. The molecular formula is C17H21N2O4+. The third-order valence-electron chi connectivity index (χ3n) is 4.50. The molecule has 2 heterocycles. The number of nitrogens with zero attached hydrogens (tertiary/aromatic N) is 1. The van der Waals surface area contributed by atoms with Gasteiger partial charge in [-0.3, -0.25) is 19.3 Å². The van der Waals surface area contributed by atoms with E-state index in [2.05, 4.69) is 0 Å². The van der Waals surface area contributed by atoms with Crippen molar-refractivity contribution in [2.24, 2.45) is 5.92 Å². The number of amides is 1. The normalized spacial score (nSPS) is 23.8. The summed E-state index contributed by atoms with van der Waals surface area (Å²) in [6.45, 7) is 4.13. The number of nitrogens with one attached hydrogen (secondary N) is 1. The highest BCUT2D eigenvalue weighted by Gasteiger charge is 2.39. The molecule has 0 aromatic heterocycles. The summed E-state index contributed by atoms with van der Waals surface area (Å²) in [5.41, 5.74) is 1.14. The van der Waals surface area contributed by atoms with E-state index in [4.69, 9.17) is 4.74 Å². The number of rotatable bonds is 4. The van der Waals surface area contributed by atoms with Gasteiger partial charge in [0.15, 0.2) is 6.67 Å². The second kappa shape index (κ2) is 6.50. The number of carbonyl (C=O) groups is 3. The van der Waals surface area contributed by atoms with Gasteiger partial charge in [-0.1, -0.05) is 12.1 Å². The Labute approximate surface area is 135 Å². The molecule has 3 rings (SSSR count). The summed E-state index contributed by atoms with van der Waals surface area (Å²) in [7, 11) is 0. The summed E-state index contributed by atoms with van der Waals surface area (Å²) in [5.74, 6) is -1.20. The molecular weight excluding hydrogens is 296 g/mol. The maximum atomic E-state index is 12.2. The van der Waals surface area contributed by atoms with Crippen molar-refractivity contribution in [3.63, 3.8) is 0 Å². The van der Waals surface area contributed by atoms with E-state index in [-0.39, 0.29) is 11.9 Å². The Hall–Kier alpha value is -2.21. The van der Waals surface area contributed by atoms with Crippen molar-refractivity contribution >= 4 is 23.3 Å². The number of quaternary nitrogens is 1. The first kappa shape index (κ1) is 15.7. The zero-order valence-corrected chi connectivity index (χ0v) is 13.2. The molecule has 1 N–H and O–H groups in total. The first-order valence-electron chi connectivity index (χ1n) is 8.07. The number of ketones is 1. The van der Waals surface area contributed by atoms with Crippen LogP contribution in [0.5, 0.6) is 0 Å². The minimum absolute atomic E-state index is 0.123. The van der Waals surface area contributed by atoms with Gasteiger partial charge in [0.25, 0.3) is 5.78 Å². The lowest BCUT2D eigenvalue weighted by Gasteiger charge is -2.31. The van der Waals surface area contributed by atoms with Crippen molar-refractivity contribution in [3.05, 3.63) is 29.8 Å². The Morgan fingerprint density at radius 1 is 1.35 bits per heavy atom. The van der Waals surface area contributed by atoms with Crippen LogP contribution in [0.1, 0.15) is 30.1 Å². The summed E-state index contributed by atoms with van der Waals surface area (Å²) < 4.78 is 5.11. The number of Topliss-reactive ketones (excluding diaryl/α,β-unsaturated/α-hetero) is 1. The SMILES string of the molecule is CCOC(=O)[C@@H]1CCC[NH+](CN2C(=O)C(=O)c3ccccc32)C1. The molecule has 0 radical (unpaired) electrons. The van der Waals surface area contributed by atoms with Crippen LogP contribution in [0.15, 0.2) is 24.3 Å². The van der Waals surface area contributed by atoms with Gasteiger partial charge in [-0.25, -0.2) is 0 Å². The smallest absolute Gasteiger partial charge is 0.314 e. The van der Waals surface area contributed by atoms with E-state index in [1.165, 1.54) is 0 Å². The summed E-state index contributed by atoms with van der Waals surface area (Å²) >= 11 is 0. The number of esters is 1. The van der Waals surface area contributed by atoms with Gasteiger partial charge in [0, 0.05) is 0 Å². The fourth-order valence-electron chi connectivity index (χ4n) is 3.38. The van der Waals surface area contributed by atoms with E-state index in [1.807, 2.05) is 6.07 Å². The molecule has 1 unspecified atom stereocenters. The van der Waals surface area contributed by atoms with Gasteiger partial charge in [0.1, 0.15) is 5.92 Å². The number of likely N-dealkylation sites (tertiary alicyclic amines) is 1. The molecule has 2 aliphatic heterocycles. The monoisotopic (exact) mass is 317 g/mol. The van der Waals surface area contributed by atoms with Gasteiger partial charge in [0.2, 0.25) is 0 Å². The summed E-state index contributed by atoms with van der Waals surface area (Å²) in [6, 6.07) is 7.07. The quantitative estimate of drug-likeness (QED) is 0.628. The lowest BCUT2D eigenvalue weighted by atomic mass is 9.98. The van der Waals surface area contributed by atoms with Crippen molar-refractivity contribution in [2.75, 3.05) is 31.3 Å². The fourth-order valence-corrected chi connectivity index (χ4v) is 3.38. The van der Waals surface area contributed by atoms with Crippen molar-refractivity contribution in [1.82, 2.24) is 0 Å². The number of hydrogen-bond acceptors (Lipinski definition) is 4. The van der Waals surface area contributed by atoms with Crippen LogP contribution in [-0.4, -0.2) is 44.0 Å². The molecule has 2 atom stereocenters. The summed E-state index contributed by atoms with van der Waals surface area (Å²) in [6.07, 6.45) is 1.74. The Bertz CT molecular complexity index is 643. The first-order chi connectivity index (χ1) is 11.1. The topological polar surface area (TPSA) is 68.1 Å². The number of fused-ring (bicyclic) bond motifs is 1. The molecule has 0 saturated carbocycles. The maximum absolute atomic E-state index is 12.2. The van der Waals surface area contributed by atoms with E-state index in [9.17, 15) is 14.4 Å². The molecule has 1 aromatic rings. The molecule has 6 nitrogen and oxygen atoms in total. The van der Waals surface area contributed by atoms with Crippen LogP contribution in [0.3, 0.4) is 0 Å². The number of carbonyl (C=O) groups excluding carboxylic acids is 3. The molecule has 0 bridgehead atoms. The van der Waals surface area contributed by atoms with Crippen LogP contribution < -0.4 is 9.80 Å². The van der Waals surface area contributed by atoms with Gasteiger partial charge in [-0.05, 0) is 31.9 Å². The van der Waals surface area contributed by atoms with Crippen LogP contribution in [0, 0.1) is 5.92 Å². The van der Waals surface area contributed by atoms with Gasteiger partial charge >= 0.3 is 11.9 Å². The molecule has 6 heteroatoms. The molecule has 1 amide bonds. The number of piperidine rings is 1. The van der Waals surface area contributed by atoms with E-state index in [0.29, 0.717) is 31.1 Å². The number of anilines is 1. The molecule has 1 saturated heterocycles. The van der Waals surface area contributed by atoms with E-state index in [1.54, 1.807) is 30.0 Å². The molecule has 2 aliphatic rings.